The first kappa shape index (κ1) is 13.0. The van der Waals surface area contributed by atoms with Gasteiger partial charge < -0.3 is 14.8 Å². The SMILES string of the molecule is COC(=O)NCCC(=O)OCc1ccccc1. The maximum absolute atomic E-state index is 11.3. The molecule has 0 heterocycles. The molecule has 5 heteroatoms. The van der Waals surface area contributed by atoms with Crippen molar-refractivity contribution in [1.82, 2.24) is 5.32 Å². The molecule has 17 heavy (non-hydrogen) atoms. The van der Waals surface area contributed by atoms with Crippen LogP contribution >= 0.6 is 0 Å². The highest BCUT2D eigenvalue weighted by Crippen LogP contribution is 2.01. The lowest BCUT2D eigenvalue weighted by molar-refractivity contribution is -0.144. The monoisotopic (exact) mass is 237 g/mol. The largest absolute Gasteiger partial charge is 0.461 e. The summed E-state index contributed by atoms with van der Waals surface area (Å²) in [5, 5.41) is 2.40. The van der Waals surface area contributed by atoms with Gasteiger partial charge in [-0.2, -0.15) is 0 Å². The van der Waals surface area contributed by atoms with Gasteiger partial charge in [0.1, 0.15) is 6.61 Å². The Morgan fingerprint density at radius 1 is 1.24 bits per heavy atom. The summed E-state index contributed by atoms with van der Waals surface area (Å²) < 4.78 is 9.37. The number of amides is 1. The van der Waals surface area contributed by atoms with E-state index in [2.05, 4.69) is 10.1 Å². The molecule has 0 radical (unpaired) electrons. The maximum atomic E-state index is 11.3. The molecule has 0 spiro atoms. The van der Waals surface area contributed by atoms with Gasteiger partial charge in [-0.1, -0.05) is 30.3 Å². The number of benzene rings is 1. The smallest absolute Gasteiger partial charge is 0.406 e. The Bertz CT molecular complexity index is 364. The van der Waals surface area contributed by atoms with E-state index in [4.69, 9.17) is 4.74 Å². The molecule has 0 fully saturated rings. The molecule has 1 rings (SSSR count). The van der Waals surface area contributed by atoms with Crippen molar-refractivity contribution < 1.29 is 19.1 Å². The highest BCUT2D eigenvalue weighted by atomic mass is 16.5. The number of nitrogens with one attached hydrogen (secondary N) is 1. The van der Waals surface area contributed by atoms with E-state index in [0.717, 1.165) is 5.56 Å². The second-order valence-electron chi connectivity index (χ2n) is 3.31. The molecule has 0 aliphatic rings. The minimum atomic E-state index is -0.555. The van der Waals surface area contributed by atoms with Crippen molar-refractivity contribution in [3.8, 4) is 0 Å². The van der Waals surface area contributed by atoms with Gasteiger partial charge in [-0.25, -0.2) is 4.79 Å². The van der Waals surface area contributed by atoms with Crippen molar-refractivity contribution in [2.24, 2.45) is 0 Å². The second-order valence-corrected chi connectivity index (χ2v) is 3.31. The molecule has 5 nitrogen and oxygen atoms in total. The zero-order valence-corrected chi connectivity index (χ0v) is 9.64. The van der Waals surface area contributed by atoms with Crippen LogP contribution in [0.3, 0.4) is 0 Å². The number of carbonyl (C=O) groups excluding carboxylic acids is 2. The van der Waals surface area contributed by atoms with Gasteiger partial charge in [0.15, 0.2) is 0 Å². The van der Waals surface area contributed by atoms with Crippen LogP contribution in [0.1, 0.15) is 12.0 Å². The fourth-order valence-electron chi connectivity index (χ4n) is 1.15. The summed E-state index contributed by atoms with van der Waals surface area (Å²) in [5.41, 5.74) is 0.932. The normalized spacial score (nSPS) is 9.47. The molecule has 0 aliphatic heterocycles. The molecule has 1 N–H and O–H groups in total. The quantitative estimate of drug-likeness (QED) is 0.788. The first-order valence-electron chi connectivity index (χ1n) is 5.23. The number of hydrogen-bond acceptors (Lipinski definition) is 4. The maximum Gasteiger partial charge on any atom is 0.406 e. The molecule has 1 amide bonds. The fourth-order valence-corrected chi connectivity index (χ4v) is 1.15. The average Bonchev–Trinajstić information content (AvgIpc) is 2.37. The van der Waals surface area contributed by atoms with Crippen LogP contribution < -0.4 is 5.32 Å². The Morgan fingerprint density at radius 2 is 1.94 bits per heavy atom. The molecular weight excluding hydrogens is 222 g/mol. The summed E-state index contributed by atoms with van der Waals surface area (Å²) in [6.45, 7) is 0.457. The highest BCUT2D eigenvalue weighted by molar-refractivity contribution is 5.71. The Balaban J connectivity index is 2.16. The Hall–Kier alpha value is -2.04. The molecule has 1 aromatic rings. The molecule has 0 bridgehead atoms. The first-order valence-corrected chi connectivity index (χ1v) is 5.23. The number of ether oxygens (including phenoxy) is 2. The standard InChI is InChI=1S/C12H15NO4/c1-16-12(15)13-8-7-11(14)17-9-10-5-3-2-4-6-10/h2-6H,7-9H2,1H3,(H,13,15). The minimum absolute atomic E-state index is 0.127. The van der Waals surface area contributed by atoms with Crippen LogP contribution in [0.2, 0.25) is 0 Å². The number of alkyl carbamates (subject to hydrolysis) is 1. The lowest BCUT2D eigenvalue weighted by Gasteiger charge is -2.05. The summed E-state index contributed by atoms with van der Waals surface area (Å²) in [6.07, 6.45) is -0.428. The van der Waals surface area contributed by atoms with E-state index in [1.165, 1.54) is 7.11 Å². The molecule has 1 aromatic carbocycles. The first-order chi connectivity index (χ1) is 8.22. The van der Waals surface area contributed by atoms with Crippen LogP contribution in [0.15, 0.2) is 30.3 Å². The van der Waals surface area contributed by atoms with Crippen molar-refractivity contribution >= 4 is 12.1 Å². The third kappa shape index (κ3) is 5.55. The summed E-state index contributed by atoms with van der Waals surface area (Å²) in [7, 11) is 1.27. The summed E-state index contributed by atoms with van der Waals surface area (Å²) >= 11 is 0. The van der Waals surface area contributed by atoms with Gasteiger partial charge in [0.25, 0.3) is 0 Å². The van der Waals surface area contributed by atoms with E-state index < -0.39 is 6.09 Å². The Morgan fingerprint density at radius 3 is 2.59 bits per heavy atom. The number of rotatable bonds is 5. The minimum Gasteiger partial charge on any atom is -0.461 e. The fraction of sp³-hybridized carbons (Fsp3) is 0.333. The Kier molecular flexibility index (Phi) is 5.57. The van der Waals surface area contributed by atoms with Crippen LogP contribution in [0.4, 0.5) is 4.79 Å². The summed E-state index contributed by atoms with van der Waals surface area (Å²) in [6, 6.07) is 9.40. The number of hydrogen-bond donors (Lipinski definition) is 1. The number of carbonyl (C=O) groups is 2. The van der Waals surface area contributed by atoms with Gasteiger partial charge in [0.2, 0.25) is 0 Å². The van der Waals surface area contributed by atoms with Gasteiger partial charge in [-0.3, -0.25) is 4.79 Å². The highest BCUT2D eigenvalue weighted by Gasteiger charge is 2.04. The van der Waals surface area contributed by atoms with Crippen LogP contribution in [-0.4, -0.2) is 25.7 Å². The summed E-state index contributed by atoms with van der Waals surface area (Å²) in [5.74, 6) is -0.356. The predicted octanol–water partition coefficient (Wildman–Crippen LogP) is 1.48. The van der Waals surface area contributed by atoms with E-state index in [1.807, 2.05) is 30.3 Å². The van der Waals surface area contributed by atoms with Crippen molar-refractivity contribution in [1.29, 1.82) is 0 Å². The van der Waals surface area contributed by atoms with E-state index in [-0.39, 0.29) is 25.5 Å². The zero-order valence-electron chi connectivity index (χ0n) is 9.64. The molecule has 0 saturated carbocycles. The lowest BCUT2D eigenvalue weighted by atomic mass is 10.2. The Labute approximate surface area is 99.7 Å². The molecular formula is C12H15NO4. The number of methoxy groups -OCH3 is 1. The number of esters is 1. The third-order valence-corrected chi connectivity index (χ3v) is 2.03. The molecule has 0 aliphatic carbocycles. The average molecular weight is 237 g/mol. The van der Waals surface area contributed by atoms with Crippen LogP contribution in [0.25, 0.3) is 0 Å². The molecule has 0 aromatic heterocycles. The van der Waals surface area contributed by atoms with Crippen LogP contribution in [-0.2, 0) is 20.9 Å². The van der Waals surface area contributed by atoms with E-state index >= 15 is 0 Å². The molecule has 0 saturated heterocycles. The van der Waals surface area contributed by atoms with Gasteiger partial charge in [-0.15, -0.1) is 0 Å². The van der Waals surface area contributed by atoms with Crippen molar-refractivity contribution in [2.45, 2.75) is 13.0 Å². The second kappa shape index (κ2) is 7.27. The van der Waals surface area contributed by atoms with Crippen LogP contribution in [0, 0.1) is 0 Å². The van der Waals surface area contributed by atoms with Gasteiger partial charge in [0.05, 0.1) is 13.5 Å². The zero-order chi connectivity index (χ0) is 12.5. The molecule has 0 unspecified atom stereocenters. The van der Waals surface area contributed by atoms with Crippen LogP contribution in [0.5, 0.6) is 0 Å². The molecule has 0 atom stereocenters. The molecule has 92 valence electrons. The van der Waals surface area contributed by atoms with Gasteiger partial charge >= 0.3 is 12.1 Å². The third-order valence-electron chi connectivity index (χ3n) is 2.03. The van der Waals surface area contributed by atoms with Crippen molar-refractivity contribution in [3.63, 3.8) is 0 Å². The summed E-state index contributed by atoms with van der Waals surface area (Å²) in [4.78, 5) is 22.0. The van der Waals surface area contributed by atoms with Gasteiger partial charge in [-0.05, 0) is 5.56 Å². The predicted molar refractivity (Wildman–Crippen MR) is 61.3 cm³/mol. The van der Waals surface area contributed by atoms with Crippen molar-refractivity contribution in [2.75, 3.05) is 13.7 Å². The lowest BCUT2D eigenvalue weighted by Crippen LogP contribution is -2.26. The topological polar surface area (TPSA) is 64.6 Å². The van der Waals surface area contributed by atoms with Gasteiger partial charge in [0, 0.05) is 6.54 Å². The van der Waals surface area contributed by atoms with E-state index in [0.29, 0.717) is 0 Å². The van der Waals surface area contributed by atoms with E-state index in [9.17, 15) is 9.59 Å². The van der Waals surface area contributed by atoms with Crippen molar-refractivity contribution in [3.05, 3.63) is 35.9 Å². The van der Waals surface area contributed by atoms with E-state index in [1.54, 1.807) is 0 Å².